The van der Waals surface area contributed by atoms with E-state index in [1.54, 1.807) is 42.6 Å². The lowest BCUT2D eigenvalue weighted by Crippen LogP contribution is -2.18. The molecule has 2 aromatic carbocycles. The number of aryl methyl sites for hydroxylation is 3. The highest BCUT2D eigenvalue weighted by atomic mass is 32.2. The standard InChI is InChI=1S/C26H24F3N7O3S.C7H8O3S/c27-26(28,29)39-20-9-5-6-17(14-20)15-22(37)31-21-12-11-18(33-34-21)7-1-2-10-24-35-36-25(40-24)32-23(38)16-19-8-3-4-13-30-19;1-6-2-4-7(5-3-6)11(8,9)10/h3-6,8-9,11-14H,1-2,7,10,15-16H2,(H,31,34,37)(H,32,36,38);2-5H,1H3,(H,8,9,10). The second kappa shape index (κ2) is 18.1. The van der Waals surface area contributed by atoms with E-state index in [1.165, 1.54) is 35.6 Å². The summed E-state index contributed by atoms with van der Waals surface area (Å²) in [5.74, 6) is -0.806. The minimum atomic E-state index is -4.81. The van der Waals surface area contributed by atoms with Crippen molar-refractivity contribution in [3.8, 4) is 5.75 Å². The first kappa shape index (κ1) is 38.5. The number of hydrogen-bond donors (Lipinski definition) is 3. The molecule has 0 radical (unpaired) electrons. The molecule has 5 aromatic rings. The minimum absolute atomic E-state index is 0.0666. The molecule has 51 heavy (non-hydrogen) atoms. The molecule has 3 aromatic heterocycles. The largest absolute Gasteiger partial charge is 0.573 e. The van der Waals surface area contributed by atoms with Gasteiger partial charge < -0.3 is 15.4 Å². The lowest BCUT2D eigenvalue weighted by molar-refractivity contribution is -0.274. The Morgan fingerprint density at radius 3 is 2.24 bits per heavy atom. The third-order valence-electron chi connectivity index (χ3n) is 6.66. The van der Waals surface area contributed by atoms with E-state index < -0.39 is 28.1 Å². The number of carbonyl (C=O) groups is 2. The van der Waals surface area contributed by atoms with Crippen molar-refractivity contribution in [1.29, 1.82) is 0 Å². The summed E-state index contributed by atoms with van der Waals surface area (Å²) < 4.78 is 70.6. The highest BCUT2D eigenvalue weighted by molar-refractivity contribution is 7.85. The molecular formula is C33H32F3N7O6S2. The van der Waals surface area contributed by atoms with Gasteiger partial charge >= 0.3 is 6.36 Å². The van der Waals surface area contributed by atoms with Gasteiger partial charge in [0.25, 0.3) is 10.1 Å². The zero-order valence-corrected chi connectivity index (χ0v) is 28.6. The molecule has 0 aliphatic heterocycles. The monoisotopic (exact) mass is 743 g/mol. The van der Waals surface area contributed by atoms with Crippen molar-refractivity contribution in [2.24, 2.45) is 0 Å². The van der Waals surface area contributed by atoms with Gasteiger partial charge in [-0.3, -0.25) is 19.1 Å². The molecule has 0 aliphatic rings. The fourth-order valence-corrected chi connectivity index (χ4v) is 5.59. The Morgan fingerprint density at radius 1 is 0.824 bits per heavy atom. The van der Waals surface area contributed by atoms with Gasteiger partial charge in [-0.15, -0.1) is 28.5 Å². The molecule has 0 saturated carbocycles. The number of nitrogens with one attached hydrogen (secondary N) is 2. The van der Waals surface area contributed by atoms with Crippen LogP contribution in [0.15, 0.2) is 90.0 Å². The number of aromatic nitrogens is 5. The Bertz CT molecular complexity index is 2000. The number of halogens is 3. The van der Waals surface area contributed by atoms with E-state index in [0.29, 0.717) is 29.2 Å². The number of benzene rings is 2. The van der Waals surface area contributed by atoms with Gasteiger partial charge in [-0.05, 0) is 80.3 Å². The molecule has 5 rings (SSSR count). The third kappa shape index (κ3) is 14.2. The van der Waals surface area contributed by atoms with Crippen LogP contribution >= 0.6 is 11.3 Å². The number of ether oxygens (including phenoxy) is 1. The fourth-order valence-electron chi connectivity index (χ4n) is 4.31. The molecule has 2 amide bonds. The Labute approximate surface area is 295 Å². The van der Waals surface area contributed by atoms with Crippen LogP contribution in [0.5, 0.6) is 5.75 Å². The van der Waals surface area contributed by atoms with Crippen LogP contribution in [0.2, 0.25) is 0 Å². The summed E-state index contributed by atoms with van der Waals surface area (Å²) in [5, 5.41) is 22.8. The zero-order chi connectivity index (χ0) is 36.9. The molecule has 0 bridgehead atoms. The first-order valence-electron chi connectivity index (χ1n) is 15.3. The lowest BCUT2D eigenvalue weighted by Gasteiger charge is -2.10. The summed E-state index contributed by atoms with van der Waals surface area (Å²) in [6.07, 6.45) is -0.152. The molecule has 0 aliphatic carbocycles. The Kier molecular flexibility index (Phi) is 13.6. The number of pyridine rings is 1. The van der Waals surface area contributed by atoms with Crippen molar-refractivity contribution in [1.82, 2.24) is 25.4 Å². The molecule has 3 heterocycles. The maximum Gasteiger partial charge on any atom is 0.573 e. The normalized spacial score (nSPS) is 11.2. The maximum atomic E-state index is 12.4. The van der Waals surface area contributed by atoms with Gasteiger partial charge in [0.2, 0.25) is 16.9 Å². The van der Waals surface area contributed by atoms with Crippen LogP contribution in [0.3, 0.4) is 0 Å². The lowest BCUT2D eigenvalue weighted by atomic mass is 10.1. The Balaban J connectivity index is 0.000000452. The third-order valence-corrected chi connectivity index (χ3v) is 8.42. The van der Waals surface area contributed by atoms with Crippen LogP contribution < -0.4 is 15.4 Å². The van der Waals surface area contributed by atoms with Crippen molar-refractivity contribution < 1.29 is 40.5 Å². The van der Waals surface area contributed by atoms with E-state index in [4.69, 9.17) is 4.55 Å². The summed E-state index contributed by atoms with van der Waals surface area (Å²) in [6, 6.07) is 20.0. The maximum absolute atomic E-state index is 12.4. The van der Waals surface area contributed by atoms with E-state index in [9.17, 15) is 31.2 Å². The SMILES string of the molecule is Cc1ccc(S(=O)(=O)O)cc1.O=C(Cc1cccc(OC(F)(F)F)c1)Nc1ccc(CCCCc2nnc(NC(=O)Cc3ccccn3)s2)nn1. The first-order valence-corrected chi connectivity index (χ1v) is 17.5. The van der Waals surface area contributed by atoms with E-state index in [1.807, 2.05) is 13.0 Å². The van der Waals surface area contributed by atoms with Crippen molar-refractivity contribution in [2.75, 3.05) is 10.6 Å². The number of anilines is 2. The molecule has 18 heteroatoms. The van der Waals surface area contributed by atoms with E-state index in [-0.39, 0.29) is 29.5 Å². The average Bonchev–Trinajstić information content (AvgIpc) is 3.50. The van der Waals surface area contributed by atoms with E-state index in [0.717, 1.165) is 41.2 Å². The van der Waals surface area contributed by atoms with Gasteiger partial charge in [0.15, 0.2) is 5.82 Å². The number of rotatable bonds is 13. The van der Waals surface area contributed by atoms with Gasteiger partial charge in [0, 0.05) is 18.3 Å². The van der Waals surface area contributed by atoms with Crippen LogP contribution in [0, 0.1) is 6.92 Å². The zero-order valence-electron chi connectivity index (χ0n) is 27.0. The van der Waals surface area contributed by atoms with Crippen molar-refractivity contribution in [3.63, 3.8) is 0 Å². The molecule has 0 unspecified atom stereocenters. The van der Waals surface area contributed by atoms with Crippen molar-refractivity contribution in [2.45, 2.75) is 56.7 Å². The first-order chi connectivity index (χ1) is 24.2. The fraction of sp³-hybridized carbons (Fsp3) is 0.242. The van der Waals surface area contributed by atoms with E-state index in [2.05, 4.69) is 40.7 Å². The number of carbonyl (C=O) groups excluding carboxylic acids is 2. The summed E-state index contributed by atoms with van der Waals surface area (Å²) in [5.41, 5.74) is 2.73. The number of alkyl halides is 3. The molecular weight excluding hydrogens is 712 g/mol. The summed E-state index contributed by atoms with van der Waals surface area (Å²) >= 11 is 1.33. The molecule has 0 saturated heterocycles. The topological polar surface area (TPSA) is 186 Å². The summed E-state index contributed by atoms with van der Waals surface area (Å²) in [6.45, 7) is 1.84. The molecule has 0 atom stereocenters. The predicted molar refractivity (Wildman–Crippen MR) is 182 cm³/mol. The Hall–Kier alpha value is -5.33. The number of nitrogens with zero attached hydrogens (tertiary/aromatic N) is 5. The summed E-state index contributed by atoms with van der Waals surface area (Å²) in [4.78, 5) is 28.5. The highest BCUT2D eigenvalue weighted by Gasteiger charge is 2.31. The molecule has 13 nitrogen and oxygen atoms in total. The number of amides is 2. The summed E-state index contributed by atoms with van der Waals surface area (Å²) in [7, 11) is -4.02. The minimum Gasteiger partial charge on any atom is -0.406 e. The van der Waals surface area contributed by atoms with Gasteiger partial charge in [0.1, 0.15) is 10.8 Å². The average molecular weight is 744 g/mol. The van der Waals surface area contributed by atoms with Crippen LogP contribution in [0.4, 0.5) is 24.1 Å². The van der Waals surface area contributed by atoms with Crippen LogP contribution in [-0.2, 0) is 45.4 Å². The van der Waals surface area contributed by atoms with Crippen molar-refractivity contribution >= 4 is 44.2 Å². The van der Waals surface area contributed by atoms with Gasteiger partial charge in [-0.25, -0.2) is 0 Å². The number of unbranched alkanes of at least 4 members (excludes halogenated alkanes) is 1. The molecule has 0 fully saturated rings. The van der Waals surface area contributed by atoms with Crippen LogP contribution in [-0.4, -0.2) is 56.5 Å². The van der Waals surface area contributed by atoms with Gasteiger partial charge in [-0.1, -0.05) is 47.2 Å². The van der Waals surface area contributed by atoms with Gasteiger partial charge in [0.05, 0.1) is 23.4 Å². The van der Waals surface area contributed by atoms with Crippen molar-refractivity contribution in [3.05, 3.63) is 113 Å². The van der Waals surface area contributed by atoms with Gasteiger partial charge in [-0.2, -0.15) is 13.5 Å². The predicted octanol–water partition coefficient (Wildman–Crippen LogP) is 5.79. The van der Waals surface area contributed by atoms with E-state index >= 15 is 0 Å². The highest BCUT2D eigenvalue weighted by Crippen LogP contribution is 2.24. The number of hydrogen-bond acceptors (Lipinski definition) is 11. The van der Waals surface area contributed by atoms with Crippen LogP contribution in [0.25, 0.3) is 0 Å². The molecule has 268 valence electrons. The second-order valence-corrected chi connectivity index (χ2v) is 13.4. The van der Waals surface area contributed by atoms with Crippen LogP contribution in [0.1, 0.15) is 40.4 Å². The second-order valence-electron chi connectivity index (χ2n) is 10.9. The molecule has 0 spiro atoms. The Morgan fingerprint density at radius 2 is 1.57 bits per heavy atom. The quantitative estimate of drug-likeness (QED) is 0.0979. The smallest absolute Gasteiger partial charge is 0.406 e. The molecule has 3 N–H and O–H groups in total.